The van der Waals surface area contributed by atoms with Crippen LogP contribution < -0.4 is 0 Å². The van der Waals surface area contributed by atoms with Crippen molar-refractivity contribution in [3.05, 3.63) is 24.0 Å². The van der Waals surface area contributed by atoms with Crippen molar-refractivity contribution in [2.45, 2.75) is 31.8 Å². The zero-order valence-corrected chi connectivity index (χ0v) is 9.71. The molecular weight excluding hydrogens is 194 g/mol. The highest BCUT2D eigenvalue weighted by atomic mass is 32.2. The van der Waals surface area contributed by atoms with Gasteiger partial charge in [-0.15, -0.1) is 11.8 Å². The van der Waals surface area contributed by atoms with Crippen molar-refractivity contribution >= 4 is 11.8 Å². The molecule has 0 saturated carbocycles. The fraction of sp³-hybridized carbons (Fsp3) is 0.545. The summed E-state index contributed by atoms with van der Waals surface area (Å²) in [5.74, 6) is 1.80. The summed E-state index contributed by atoms with van der Waals surface area (Å²) >= 11 is 1.80. The third kappa shape index (κ3) is 3.68. The van der Waals surface area contributed by atoms with E-state index in [9.17, 15) is 5.11 Å². The van der Waals surface area contributed by atoms with E-state index >= 15 is 0 Å². The molecule has 0 aliphatic heterocycles. The Kier molecular flexibility index (Phi) is 4.42. The molecule has 78 valence electrons. The molecule has 0 amide bonds. The number of pyridine rings is 1. The SMILES string of the molecule is CC(C)CSc1ccc([C@H](C)O)nc1. The van der Waals surface area contributed by atoms with E-state index in [1.165, 1.54) is 4.90 Å². The standard InChI is InChI=1S/C11H17NOS/c1-8(2)7-14-10-4-5-11(9(3)13)12-6-10/h4-6,8-9,13H,7H2,1-3H3/t9-/m0/s1. The number of hydrogen-bond acceptors (Lipinski definition) is 3. The second-order valence-electron chi connectivity index (χ2n) is 3.80. The molecule has 2 nitrogen and oxygen atoms in total. The number of thioether (sulfide) groups is 1. The predicted molar refractivity (Wildman–Crippen MR) is 60.4 cm³/mol. The number of aliphatic hydroxyl groups excluding tert-OH is 1. The van der Waals surface area contributed by atoms with Gasteiger partial charge in [-0.1, -0.05) is 13.8 Å². The van der Waals surface area contributed by atoms with E-state index in [1.54, 1.807) is 18.7 Å². The third-order valence-corrected chi connectivity index (χ3v) is 3.18. The Morgan fingerprint density at radius 2 is 2.07 bits per heavy atom. The van der Waals surface area contributed by atoms with Crippen LogP contribution in [0.25, 0.3) is 0 Å². The van der Waals surface area contributed by atoms with Crippen LogP contribution in [0.4, 0.5) is 0 Å². The largest absolute Gasteiger partial charge is 0.387 e. The van der Waals surface area contributed by atoms with E-state index in [2.05, 4.69) is 18.8 Å². The third-order valence-electron chi connectivity index (χ3n) is 1.77. The number of nitrogens with zero attached hydrogens (tertiary/aromatic N) is 1. The van der Waals surface area contributed by atoms with Crippen LogP contribution in [-0.2, 0) is 0 Å². The van der Waals surface area contributed by atoms with Gasteiger partial charge in [0.1, 0.15) is 0 Å². The lowest BCUT2D eigenvalue weighted by Gasteiger charge is -2.06. The zero-order chi connectivity index (χ0) is 10.6. The molecule has 0 fully saturated rings. The van der Waals surface area contributed by atoms with E-state index in [1.807, 2.05) is 18.3 Å². The molecule has 1 aromatic heterocycles. The first kappa shape index (κ1) is 11.5. The first-order valence-corrected chi connectivity index (χ1v) is 5.85. The fourth-order valence-corrected chi connectivity index (χ4v) is 1.80. The molecule has 14 heavy (non-hydrogen) atoms. The van der Waals surface area contributed by atoms with Crippen molar-refractivity contribution in [3.8, 4) is 0 Å². The summed E-state index contributed by atoms with van der Waals surface area (Å²) < 4.78 is 0. The zero-order valence-electron chi connectivity index (χ0n) is 8.90. The van der Waals surface area contributed by atoms with E-state index < -0.39 is 6.10 Å². The van der Waals surface area contributed by atoms with Gasteiger partial charge in [0, 0.05) is 16.8 Å². The molecule has 1 rings (SSSR count). The van der Waals surface area contributed by atoms with Crippen molar-refractivity contribution in [1.29, 1.82) is 0 Å². The summed E-state index contributed by atoms with van der Waals surface area (Å²) in [6, 6.07) is 3.90. The predicted octanol–water partition coefficient (Wildman–Crippen LogP) is 2.88. The molecule has 3 heteroatoms. The molecule has 1 N–H and O–H groups in total. The minimum atomic E-state index is -0.473. The van der Waals surface area contributed by atoms with Crippen LogP contribution in [0.15, 0.2) is 23.2 Å². The molecule has 0 unspecified atom stereocenters. The Morgan fingerprint density at radius 1 is 1.36 bits per heavy atom. The molecule has 0 aliphatic carbocycles. The first-order chi connectivity index (χ1) is 6.59. The van der Waals surface area contributed by atoms with Gasteiger partial charge in [0.05, 0.1) is 11.8 Å². The average Bonchev–Trinajstić information content (AvgIpc) is 2.15. The normalized spacial score (nSPS) is 13.2. The molecule has 1 atom stereocenters. The van der Waals surface area contributed by atoms with Gasteiger partial charge in [0.2, 0.25) is 0 Å². The van der Waals surface area contributed by atoms with Gasteiger partial charge in [-0.25, -0.2) is 0 Å². The van der Waals surface area contributed by atoms with Gasteiger partial charge in [0.25, 0.3) is 0 Å². The van der Waals surface area contributed by atoms with Gasteiger partial charge in [-0.3, -0.25) is 4.98 Å². The quantitative estimate of drug-likeness (QED) is 0.777. The Hall–Kier alpha value is -0.540. The summed E-state index contributed by atoms with van der Waals surface area (Å²) in [4.78, 5) is 5.35. The average molecular weight is 211 g/mol. The second kappa shape index (κ2) is 5.37. The van der Waals surface area contributed by atoms with Crippen molar-refractivity contribution in [3.63, 3.8) is 0 Å². The van der Waals surface area contributed by atoms with Crippen molar-refractivity contribution in [1.82, 2.24) is 4.98 Å². The highest BCUT2D eigenvalue weighted by molar-refractivity contribution is 7.99. The highest BCUT2D eigenvalue weighted by Gasteiger charge is 2.02. The van der Waals surface area contributed by atoms with E-state index in [0.29, 0.717) is 5.92 Å². The lowest BCUT2D eigenvalue weighted by atomic mass is 10.2. The number of rotatable bonds is 4. The van der Waals surface area contributed by atoms with Crippen molar-refractivity contribution in [2.75, 3.05) is 5.75 Å². The van der Waals surface area contributed by atoms with Crippen molar-refractivity contribution in [2.24, 2.45) is 5.92 Å². The minimum Gasteiger partial charge on any atom is -0.387 e. The van der Waals surface area contributed by atoms with Gasteiger partial charge in [-0.2, -0.15) is 0 Å². The van der Waals surface area contributed by atoms with E-state index in [-0.39, 0.29) is 0 Å². The van der Waals surface area contributed by atoms with Crippen LogP contribution in [0.1, 0.15) is 32.6 Å². The Bertz CT molecular complexity index is 269. The Balaban J connectivity index is 2.55. The molecule has 0 spiro atoms. The summed E-state index contributed by atoms with van der Waals surface area (Å²) in [7, 11) is 0. The van der Waals surface area contributed by atoms with Crippen LogP contribution in [0.2, 0.25) is 0 Å². The maximum Gasteiger partial charge on any atom is 0.0931 e. The van der Waals surface area contributed by atoms with Crippen molar-refractivity contribution < 1.29 is 5.11 Å². The van der Waals surface area contributed by atoms with Gasteiger partial charge in [0.15, 0.2) is 0 Å². The van der Waals surface area contributed by atoms with E-state index in [0.717, 1.165) is 11.4 Å². The molecule has 0 aromatic carbocycles. The Morgan fingerprint density at radius 3 is 2.50 bits per heavy atom. The van der Waals surface area contributed by atoms with Crippen LogP contribution in [0.3, 0.4) is 0 Å². The molecule has 0 saturated heterocycles. The van der Waals surface area contributed by atoms with Gasteiger partial charge < -0.3 is 5.11 Å². The summed E-state index contributed by atoms with van der Waals surface area (Å²) in [5.41, 5.74) is 0.735. The van der Waals surface area contributed by atoms with Gasteiger partial charge in [-0.05, 0) is 25.0 Å². The highest BCUT2D eigenvalue weighted by Crippen LogP contribution is 2.20. The van der Waals surface area contributed by atoms with Crippen LogP contribution in [-0.4, -0.2) is 15.8 Å². The molecule has 0 bridgehead atoms. The summed E-state index contributed by atoms with van der Waals surface area (Å²) in [5, 5.41) is 9.26. The molecule has 1 aromatic rings. The summed E-state index contributed by atoms with van der Waals surface area (Å²) in [6.07, 6.45) is 1.36. The number of hydrogen-bond donors (Lipinski definition) is 1. The number of aliphatic hydroxyl groups is 1. The summed E-state index contributed by atoms with van der Waals surface area (Å²) in [6.45, 7) is 6.12. The smallest absolute Gasteiger partial charge is 0.0931 e. The maximum atomic E-state index is 9.26. The van der Waals surface area contributed by atoms with E-state index in [4.69, 9.17) is 0 Å². The second-order valence-corrected chi connectivity index (χ2v) is 4.89. The molecule has 1 heterocycles. The fourth-order valence-electron chi connectivity index (χ4n) is 0.987. The molecule has 0 radical (unpaired) electrons. The lowest BCUT2D eigenvalue weighted by molar-refractivity contribution is 0.194. The maximum absolute atomic E-state index is 9.26. The lowest BCUT2D eigenvalue weighted by Crippen LogP contribution is -1.95. The minimum absolute atomic E-state index is 0.473. The topological polar surface area (TPSA) is 33.1 Å². The Labute approximate surface area is 89.8 Å². The molecule has 0 aliphatic rings. The van der Waals surface area contributed by atoms with Crippen LogP contribution >= 0.6 is 11.8 Å². The monoisotopic (exact) mass is 211 g/mol. The number of aromatic nitrogens is 1. The first-order valence-electron chi connectivity index (χ1n) is 4.86. The molecular formula is C11H17NOS. The van der Waals surface area contributed by atoms with Crippen LogP contribution in [0, 0.1) is 5.92 Å². The van der Waals surface area contributed by atoms with Gasteiger partial charge >= 0.3 is 0 Å². The van der Waals surface area contributed by atoms with Crippen LogP contribution in [0.5, 0.6) is 0 Å².